The molecule has 2 N–H and O–H groups in total. The van der Waals surface area contributed by atoms with Crippen molar-refractivity contribution >= 4 is 17.6 Å². The predicted molar refractivity (Wildman–Crippen MR) is 99.5 cm³/mol. The van der Waals surface area contributed by atoms with E-state index in [0.29, 0.717) is 12.4 Å². The van der Waals surface area contributed by atoms with Gasteiger partial charge in [-0.3, -0.25) is 14.3 Å². The summed E-state index contributed by atoms with van der Waals surface area (Å²) in [6.07, 6.45) is 1.47. The van der Waals surface area contributed by atoms with Gasteiger partial charge in [0.1, 0.15) is 5.69 Å². The smallest absolute Gasteiger partial charge is 0.275 e. The molecule has 0 unspecified atom stereocenters. The zero-order valence-corrected chi connectivity index (χ0v) is 15.4. The van der Waals surface area contributed by atoms with Crippen LogP contribution in [0.5, 0.6) is 0 Å². The number of benzene rings is 1. The predicted octanol–water partition coefficient (Wildman–Crippen LogP) is 1.72. The van der Waals surface area contributed by atoms with Gasteiger partial charge in [0.05, 0.1) is 18.8 Å². The van der Waals surface area contributed by atoms with Crippen LogP contribution in [0.25, 0.3) is 0 Å². The first-order valence-corrected chi connectivity index (χ1v) is 8.61. The van der Waals surface area contributed by atoms with Crippen molar-refractivity contribution in [1.82, 2.24) is 30.1 Å². The zero-order valence-electron chi connectivity index (χ0n) is 15.4. The molecule has 140 valence electrons. The van der Waals surface area contributed by atoms with Gasteiger partial charge in [0.25, 0.3) is 11.8 Å². The molecule has 9 heteroatoms. The molecule has 9 nitrogen and oxygen atoms in total. The van der Waals surface area contributed by atoms with Crippen LogP contribution in [0.3, 0.4) is 0 Å². The summed E-state index contributed by atoms with van der Waals surface area (Å²) in [5, 5.41) is 17.8. The highest BCUT2D eigenvalue weighted by Crippen LogP contribution is 2.20. The highest BCUT2D eigenvalue weighted by molar-refractivity contribution is 6.04. The lowest BCUT2D eigenvalue weighted by Crippen LogP contribution is -2.21. The lowest BCUT2D eigenvalue weighted by Gasteiger charge is -2.15. The van der Waals surface area contributed by atoms with Crippen LogP contribution in [0.4, 0.5) is 5.82 Å². The molecule has 1 aromatic carbocycles. The largest absolute Gasteiger partial charge is 0.354 e. The van der Waals surface area contributed by atoms with E-state index in [2.05, 4.69) is 25.9 Å². The van der Waals surface area contributed by atoms with Gasteiger partial charge in [-0.05, 0) is 19.4 Å². The van der Waals surface area contributed by atoms with E-state index >= 15 is 0 Å². The second-order valence-corrected chi connectivity index (χ2v) is 5.90. The fraction of sp³-hybridized carbons (Fsp3) is 0.278. The number of nitrogens with zero attached hydrogens (tertiary/aromatic N) is 5. The molecule has 1 atom stereocenters. The summed E-state index contributed by atoms with van der Waals surface area (Å²) in [5.74, 6) is -0.438. The molecule has 2 heterocycles. The van der Waals surface area contributed by atoms with Crippen molar-refractivity contribution in [2.75, 3.05) is 12.4 Å². The minimum atomic E-state index is -0.413. The Morgan fingerprint density at radius 2 is 1.89 bits per heavy atom. The van der Waals surface area contributed by atoms with Crippen molar-refractivity contribution in [3.8, 4) is 0 Å². The minimum Gasteiger partial charge on any atom is -0.354 e. The molecule has 0 bridgehead atoms. The second kappa shape index (κ2) is 7.81. The van der Waals surface area contributed by atoms with Gasteiger partial charge in [-0.25, -0.2) is 0 Å². The quantitative estimate of drug-likeness (QED) is 0.690. The summed E-state index contributed by atoms with van der Waals surface area (Å²) in [6, 6.07) is 10.9. The molecule has 3 aromatic rings. The third-order valence-corrected chi connectivity index (χ3v) is 4.14. The summed E-state index contributed by atoms with van der Waals surface area (Å²) in [7, 11) is 1.52. The monoisotopic (exact) mass is 367 g/mol. The van der Waals surface area contributed by atoms with Gasteiger partial charge in [-0.2, -0.15) is 15.0 Å². The van der Waals surface area contributed by atoms with Crippen LogP contribution in [-0.4, -0.2) is 43.6 Å². The molecule has 2 aromatic heterocycles. The number of anilines is 1. The number of carbonyl (C=O) groups is 2. The number of hydrogen-bond acceptors (Lipinski definition) is 5. The highest BCUT2D eigenvalue weighted by atomic mass is 16.2. The number of aromatic nitrogens is 5. The van der Waals surface area contributed by atoms with Gasteiger partial charge in [0.15, 0.2) is 11.5 Å². The normalized spacial score (nSPS) is 11.8. The van der Waals surface area contributed by atoms with Gasteiger partial charge in [0, 0.05) is 13.1 Å². The average molecular weight is 367 g/mol. The van der Waals surface area contributed by atoms with E-state index in [4.69, 9.17) is 0 Å². The Bertz CT molecular complexity index is 946. The van der Waals surface area contributed by atoms with Crippen LogP contribution < -0.4 is 10.6 Å². The first kappa shape index (κ1) is 18.3. The number of hydrogen-bond donors (Lipinski definition) is 2. The Morgan fingerprint density at radius 1 is 1.15 bits per heavy atom. The molecule has 2 amide bonds. The fourth-order valence-electron chi connectivity index (χ4n) is 2.66. The third kappa shape index (κ3) is 3.86. The first-order chi connectivity index (χ1) is 13.0. The number of rotatable bonds is 6. The van der Waals surface area contributed by atoms with E-state index in [1.54, 1.807) is 4.68 Å². The summed E-state index contributed by atoms with van der Waals surface area (Å²) in [4.78, 5) is 26.3. The zero-order chi connectivity index (χ0) is 19.4. The molecular formula is C18H21N7O2. The van der Waals surface area contributed by atoms with Crippen molar-refractivity contribution in [1.29, 1.82) is 0 Å². The van der Waals surface area contributed by atoms with Crippen LogP contribution in [0.2, 0.25) is 0 Å². The first-order valence-electron chi connectivity index (χ1n) is 8.61. The van der Waals surface area contributed by atoms with Crippen LogP contribution in [0.1, 0.15) is 46.4 Å². The molecular weight excluding hydrogens is 346 g/mol. The van der Waals surface area contributed by atoms with Crippen molar-refractivity contribution < 1.29 is 9.59 Å². The van der Waals surface area contributed by atoms with Gasteiger partial charge in [-0.15, -0.1) is 5.10 Å². The fourth-order valence-corrected chi connectivity index (χ4v) is 2.66. The Hall–Kier alpha value is -3.49. The lowest BCUT2D eigenvalue weighted by molar-refractivity contribution is 0.0956. The van der Waals surface area contributed by atoms with Crippen molar-refractivity contribution in [3.63, 3.8) is 0 Å². The summed E-state index contributed by atoms with van der Waals surface area (Å²) in [5.41, 5.74) is 1.40. The molecule has 0 aliphatic carbocycles. The van der Waals surface area contributed by atoms with E-state index in [1.165, 1.54) is 24.1 Å². The molecule has 0 aliphatic heterocycles. The summed E-state index contributed by atoms with van der Waals surface area (Å²) in [6.45, 7) is 4.41. The number of amides is 2. The Balaban J connectivity index is 1.95. The van der Waals surface area contributed by atoms with Gasteiger partial charge in [0.2, 0.25) is 0 Å². The highest BCUT2D eigenvalue weighted by Gasteiger charge is 2.23. The topological polar surface area (TPSA) is 107 Å². The Kier molecular flexibility index (Phi) is 5.30. The average Bonchev–Trinajstić information content (AvgIpc) is 3.34. The maximum atomic E-state index is 12.8. The number of carbonyl (C=O) groups excluding carboxylic acids is 2. The van der Waals surface area contributed by atoms with Crippen LogP contribution in [0, 0.1) is 0 Å². The Labute approximate surface area is 156 Å². The third-order valence-electron chi connectivity index (χ3n) is 4.14. The number of nitrogens with one attached hydrogen (secondary N) is 2. The van der Waals surface area contributed by atoms with Crippen molar-refractivity contribution in [2.45, 2.75) is 26.4 Å². The summed E-state index contributed by atoms with van der Waals surface area (Å²) >= 11 is 0. The molecule has 0 radical (unpaired) electrons. The molecule has 0 aliphatic rings. The van der Waals surface area contributed by atoms with E-state index in [1.807, 2.05) is 44.2 Å². The molecule has 0 saturated carbocycles. The van der Waals surface area contributed by atoms with E-state index < -0.39 is 5.91 Å². The lowest BCUT2D eigenvalue weighted by atomic mass is 10.1. The SMILES string of the molecule is CCn1ncc(NC(=O)c2cc(C(=O)NC)nn2[C@@H](C)c2ccccc2)n1. The maximum absolute atomic E-state index is 12.8. The van der Waals surface area contributed by atoms with Crippen LogP contribution in [-0.2, 0) is 6.54 Å². The second-order valence-electron chi connectivity index (χ2n) is 5.90. The van der Waals surface area contributed by atoms with Crippen molar-refractivity contribution in [2.24, 2.45) is 0 Å². The van der Waals surface area contributed by atoms with Gasteiger partial charge >= 0.3 is 0 Å². The molecule has 3 rings (SSSR count). The van der Waals surface area contributed by atoms with Gasteiger partial charge < -0.3 is 10.6 Å². The maximum Gasteiger partial charge on any atom is 0.275 e. The van der Waals surface area contributed by atoms with E-state index in [0.717, 1.165) is 5.56 Å². The number of aryl methyl sites for hydroxylation is 1. The molecule has 27 heavy (non-hydrogen) atoms. The van der Waals surface area contributed by atoms with Crippen molar-refractivity contribution in [3.05, 3.63) is 59.5 Å². The van der Waals surface area contributed by atoms with Gasteiger partial charge in [-0.1, -0.05) is 30.3 Å². The molecule has 0 spiro atoms. The van der Waals surface area contributed by atoms with Crippen LogP contribution in [0.15, 0.2) is 42.6 Å². The summed E-state index contributed by atoms with van der Waals surface area (Å²) < 4.78 is 1.54. The molecule has 0 saturated heterocycles. The van der Waals surface area contributed by atoms with E-state index in [-0.39, 0.29) is 23.3 Å². The minimum absolute atomic E-state index is 0.169. The molecule has 0 fully saturated rings. The Morgan fingerprint density at radius 3 is 2.52 bits per heavy atom. The standard InChI is InChI=1S/C18H21N7O2/c1-4-24-20-11-16(23-24)21-18(27)15-10-14(17(26)19-3)22-25(15)12(2)13-8-6-5-7-9-13/h5-12H,4H2,1-3H3,(H,19,26)(H,21,23,27)/t12-/m0/s1. The van der Waals surface area contributed by atoms with Crippen LogP contribution >= 0.6 is 0 Å². The van der Waals surface area contributed by atoms with E-state index in [9.17, 15) is 9.59 Å².